The van der Waals surface area contributed by atoms with Crippen molar-refractivity contribution in [2.24, 2.45) is 10.7 Å². The van der Waals surface area contributed by atoms with Gasteiger partial charge in [0.2, 0.25) is 0 Å². The zero-order chi connectivity index (χ0) is 32.6. The summed E-state index contributed by atoms with van der Waals surface area (Å²) in [5.41, 5.74) is 9.82. The first-order chi connectivity index (χ1) is 22.2. The summed E-state index contributed by atoms with van der Waals surface area (Å²) in [4.78, 5) is 34.1. The smallest absolute Gasteiger partial charge is 0.355 e. The standard InChI is InChI=1S/C37H32N4O4S/c1-37(2)20-28-26-13-9-8-10-22(26)14-19-27(28)34(40-37)46-25-17-15-24(16-18-25)41-32(36(43)45-4)31(35(42)44-3)30(29(21-38)33(41)39)23-11-6-5-7-12-23/h5-19,30H,20,39H2,1-4H3. The number of thioether (sulfide) groups is 1. The van der Waals surface area contributed by atoms with Gasteiger partial charge in [0, 0.05) is 16.1 Å². The van der Waals surface area contributed by atoms with E-state index in [4.69, 9.17) is 20.2 Å². The predicted octanol–water partition coefficient (Wildman–Crippen LogP) is 6.61. The molecule has 0 amide bonds. The van der Waals surface area contributed by atoms with Crippen LogP contribution in [0.2, 0.25) is 0 Å². The van der Waals surface area contributed by atoms with Crippen molar-refractivity contribution in [2.45, 2.75) is 36.6 Å². The number of allylic oxidation sites excluding steroid dienone is 1. The molecule has 0 spiro atoms. The highest BCUT2D eigenvalue weighted by Crippen LogP contribution is 2.44. The first-order valence-electron chi connectivity index (χ1n) is 14.7. The van der Waals surface area contributed by atoms with Gasteiger partial charge in [-0.1, -0.05) is 78.5 Å². The summed E-state index contributed by atoms with van der Waals surface area (Å²) in [6.07, 6.45) is 0.837. The van der Waals surface area contributed by atoms with Crippen LogP contribution in [0.3, 0.4) is 0 Å². The molecule has 4 aromatic carbocycles. The van der Waals surface area contributed by atoms with Crippen molar-refractivity contribution in [1.29, 1.82) is 5.26 Å². The van der Waals surface area contributed by atoms with Crippen LogP contribution in [0.15, 0.2) is 124 Å². The molecule has 2 aliphatic heterocycles. The van der Waals surface area contributed by atoms with Crippen LogP contribution in [0.25, 0.3) is 10.8 Å². The molecular formula is C37H32N4O4S. The van der Waals surface area contributed by atoms with Crippen molar-refractivity contribution in [1.82, 2.24) is 0 Å². The number of esters is 2. The second-order valence-electron chi connectivity index (χ2n) is 11.7. The molecule has 1 unspecified atom stereocenters. The highest BCUT2D eigenvalue weighted by Gasteiger charge is 2.43. The molecule has 0 bridgehead atoms. The van der Waals surface area contributed by atoms with Gasteiger partial charge < -0.3 is 15.2 Å². The van der Waals surface area contributed by atoms with Gasteiger partial charge in [-0.05, 0) is 66.4 Å². The van der Waals surface area contributed by atoms with E-state index in [-0.39, 0.29) is 28.2 Å². The molecule has 2 aliphatic rings. The Labute approximate surface area is 271 Å². The third-order valence-electron chi connectivity index (χ3n) is 8.20. The van der Waals surface area contributed by atoms with E-state index in [1.807, 2.05) is 18.2 Å². The molecule has 0 saturated carbocycles. The van der Waals surface area contributed by atoms with Gasteiger partial charge in [-0.15, -0.1) is 0 Å². The molecule has 0 fully saturated rings. The number of ether oxygens (including phenoxy) is 2. The minimum absolute atomic E-state index is 0.0176. The number of nitrogens with two attached hydrogens (primary N) is 1. The lowest BCUT2D eigenvalue weighted by Gasteiger charge is -2.36. The molecule has 46 heavy (non-hydrogen) atoms. The summed E-state index contributed by atoms with van der Waals surface area (Å²) < 4.78 is 10.3. The zero-order valence-corrected chi connectivity index (χ0v) is 26.7. The third-order valence-corrected chi connectivity index (χ3v) is 9.22. The van der Waals surface area contributed by atoms with Gasteiger partial charge in [0.1, 0.15) is 16.6 Å². The Bertz CT molecular complexity index is 2010. The van der Waals surface area contributed by atoms with Crippen LogP contribution in [-0.4, -0.2) is 36.7 Å². The van der Waals surface area contributed by atoms with Crippen LogP contribution < -0.4 is 10.6 Å². The largest absolute Gasteiger partial charge is 0.466 e. The topological polar surface area (TPSA) is 118 Å². The molecule has 8 nitrogen and oxygen atoms in total. The van der Waals surface area contributed by atoms with Gasteiger partial charge >= 0.3 is 11.9 Å². The summed E-state index contributed by atoms with van der Waals surface area (Å²) in [5.74, 6) is -2.47. The van der Waals surface area contributed by atoms with Crippen molar-refractivity contribution < 1.29 is 19.1 Å². The molecule has 230 valence electrons. The maximum absolute atomic E-state index is 13.4. The minimum Gasteiger partial charge on any atom is -0.466 e. The average Bonchev–Trinajstić information content (AvgIpc) is 3.07. The average molecular weight is 629 g/mol. The molecule has 4 aromatic rings. The number of anilines is 1. The van der Waals surface area contributed by atoms with Crippen LogP contribution in [0, 0.1) is 11.3 Å². The number of hydrogen-bond donors (Lipinski definition) is 1. The second-order valence-corrected chi connectivity index (χ2v) is 12.7. The van der Waals surface area contributed by atoms with Gasteiger partial charge in [0.25, 0.3) is 0 Å². The fraction of sp³-hybridized carbons (Fsp3) is 0.189. The van der Waals surface area contributed by atoms with Crippen molar-refractivity contribution in [2.75, 3.05) is 19.1 Å². The number of carbonyl (C=O) groups excluding carboxylic acids is 2. The Morgan fingerprint density at radius 2 is 1.61 bits per heavy atom. The quantitative estimate of drug-likeness (QED) is 0.245. The SMILES string of the molecule is COC(=O)C1=C(C(=O)OC)N(c2ccc(SC3=NC(C)(C)Cc4c3ccc3ccccc43)cc2)C(N)=C(C#N)C1c1ccccc1. The fourth-order valence-corrected chi connectivity index (χ4v) is 7.26. The van der Waals surface area contributed by atoms with Gasteiger partial charge in [0.15, 0.2) is 0 Å². The van der Waals surface area contributed by atoms with E-state index in [0.29, 0.717) is 11.3 Å². The summed E-state index contributed by atoms with van der Waals surface area (Å²) >= 11 is 1.56. The number of rotatable bonds is 5. The van der Waals surface area contributed by atoms with Crippen LogP contribution in [0.1, 0.15) is 36.5 Å². The van der Waals surface area contributed by atoms with Crippen LogP contribution in [0.4, 0.5) is 5.69 Å². The summed E-state index contributed by atoms with van der Waals surface area (Å²) in [7, 11) is 2.46. The normalized spacial score (nSPS) is 17.2. The lowest BCUT2D eigenvalue weighted by molar-refractivity contribution is -0.139. The van der Waals surface area contributed by atoms with E-state index in [0.717, 1.165) is 21.9 Å². The Balaban J connectivity index is 1.42. The first-order valence-corrected chi connectivity index (χ1v) is 15.5. The number of aliphatic imine (C=N–C) groups is 1. The lowest BCUT2D eigenvalue weighted by Crippen LogP contribution is -2.40. The summed E-state index contributed by atoms with van der Waals surface area (Å²) in [6, 6.07) is 31.2. The predicted molar refractivity (Wildman–Crippen MR) is 180 cm³/mol. The fourth-order valence-electron chi connectivity index (χ4n) is 6.17. The lowest BCUT2D eigenvalue weighted by atomic mass is 9.81. The molecule has 0 radical (unpaired) electrons. The third kappa shape index (κ3) is 5.41. The van der Waals surface area contributed by atoms with Crippen LogP contribution in [0.5, 0.6) is 0 Å². The molecular weight excluding hydrogens is 596 g/mol. The van der Waals surface area contributed by atoms with Crippen LogP contribution >= 0.6 is 11.8 Å². The highest BCUT2D eigenvalue weighted by molar-refractivity contribution is 8.14. The van der Waals surface area contributed by atoms with E-state index in [1.165, 1.54) is 35.5 Å². The van der Waals surface area contributed by atoms with E-state index in [9.17, 15) is 14.9 Å². The van der Waals surface area contributed by atoms with Crippen molar-refractivity contribution in [3.63, 3.8) is 0 Å². The second kappa shape index (κ2) is 12.2. The van der Waals surface area contributed by atoms with Crippen LogP contribution in [-0.2, 0) is 25.5 Å². The highest BCUT2D eigenvalue weighted by atomic mass is 32.2. The Hall–Kier alpha value is -5.33. The maximum atomic E-state index is 13.4. The van der Waals surface area contributed by atoms with Crippen molar-refractivity contribution in [3.05, 3.63) is 130 Å². The van der Waals surface area contributed by atoms with Gasteiger partial charge in [-0.2, -0.15) is 5.26 Å². The minimum atomic E-state index is -0.928. The van der Waals surface area contributed by atoms with E-state index >= 15 is 0 Å². The number of nitrogens with zero attached hydrogens (tertiary/aromatic N) is 3. The van der Waals surface area contributed by atoms with Crippen molar-refractivity contribution >= 4 is 45.2 Å². The van der Waals surface area contributed by atoms with E-state index < -0.39 is 17.9 Å². The molecule has 0 aromatic heterocycles. The van der Waals surface area contributed by atoms with Crippen molar-refractivity contribution in [3.8, 4) is 6.07 Å². The van der Waals surface area contributed by atoms with Gasteiger partial charge in [-0.3, -0.25) is 9.89 Å². The van der Waals surface area contributed by atoms with Gasteiger partial charge in [-0.25, -0.2) is 9.59 Å². The molecule has 1 atom stereocenters. The molecule has 6 rings (SSSR count). The molecule has 0 saturated heterocycles. The Morgan fingerprint density at radius 1 is 0.935 bits per heavy atom. The summed E-state index contributed by atoms with van der Waals surface area (Å²) in [5, 5.41) is 13.7. The number of nitriles is 1. The monoisotopic (exact) mass is 628 g/mol. The first kappa shape index (κ1) is 30.7. The number of methoxy groups -OCH3 is 2. The molecule has 2 N–H and O–H groups in total. The number of fused-ring (bicyclic) bond motifs is 3. The Kier molecular flexibility index (Phi) is 8.15. The van der Waals surface area contributed by atoms with E-state index in [2.05, 4.69) is 56.3 Å². The van der Waals surface area contributed by atoms with Gasteiger partial charge in [0.05, 0.1) is 42.9 Å². The Morgan fingerprint density at radius 3 is 2.28 bits per heavy atom. The number of benzene rings is 4. The van der Waals surface area contributed by atoms with E-state index in [1.54, 1.807) is 48.2 Å². The maximum Gasteiger partial charge on any atom is 0.355 e. The number of hydrogen-bond acceptors (Lipinski definition) is 9. The molecule has 9 heteroatoms. The summed E-state index contributed by atoms with van der Waals surface area (Å²) in [6.45, 7) is 4.28. The zero-order valence-electron chi connectivity index (χ0n) is 25.9. The molecule has 2 heterocycles. The molecule has 0 aliphatic carbocycles. The number of carbonyl (C=O) groups is 2.